The Bertz CT molecular complexity index is 400. The zero-order valence-corrected chi connectivity index (χ0v) is 10.7. The molecule has 0 spiro atoms. The fraction of sp³-hybridized carbons (Fsp3) is 0.500. The van der Waals surface area contributed by atoms with Crippen molar-refractivity contribution in [1.82, 2.24) is 10.2 Å². The van der Waals surface area contributed by atoms with Gasteiger partial charge in [0.2, 0.25) is 5.91 Å². The van der Waals surface area contributed by atoms with Crippen LogP contribution in [0.5, 0.6) is 0 Å². The lowest BCUT2D eigenvalue weighted by Crippen LogP contribution is -2.29. The predicted molar refractivity (Wildman–Crippen MR) is 72.3 cm³/mol. The van der Waals surface area contributed by atoms with E-state index in [4.69, 9.17) is 5.73 Å². The Kier molecular flexibility index (Phi) is 4.73. The van der Waals surface area contributed by atoms with Gasteiger partial charge in [-0.1, -0.05) is 12.1 Å². The first-order chi connectivity index (χ1) is 8.75. The summed E-state index contributed by atoms with van der Waals surface area (Å²) in [5.74, 6) is -0.367. The van der Waals surface area contributed by atoms with Gasteiger partial charge in [0.05, 0.1) is 0 Å². The summed E-state index contributed by atoms with van der Waals surface area (Å²) in [7, 11) is 0. The summed E-state index contributed by atoms with van der Waals surface area (Å²) in [5, 5.41) is 3.40. The molecule has 1 heterocycles. The van der Waals surface area contributed by atoms with Crippen LogP contribution in [0.4, 0.5) is 0 Å². The summed E-state index contributed by atoms with van der Waals surface area (Å²) < 4.78 is 0. The minimum Gasteiger partial charge on any atom is -0.366 e. The highest BCUT2D eigenvalue weighted by molar-refractivity contribution is 5.92. The van der Waals surface area contributed by atoms with E-state index < -0.39 is 0 Å². The predicted octanol–water partition coefficient (Wildman–Crippen LogP) is 0.971. The van der Waals surface area contributed by atoms with Gasteiger partial charge >= 0.3 is 0 Å². The molecule has 3 N–H and O–H groups in total. The van der Waals surface area contributed by atoms with E-state index in [1.54, 1.807) is 6.07 Å². The Morgan fingerprint density at radius 3 is 2.83 bits per heavy atom. The van der Waals surface area contributed by atoms with E-state index in [9.17, 15) is 4.79 Å². The Balaban J connectivity index is 1.72. The molecule has 1 aliphatic rings. The van der Waals surface area contributed by atoms with E-state index >= 15 is 0 Å². The lowest BCUT2D eigenvalue weighted by molar-refractivity contribution is 0.1000. The maximum absolute atomic E-state index is 11.1. The van der Waals surface area contributed by atoms with Crippen molar-refractivity contribution in [2.75, 3.05) is 26.2 Å². The van der Waals surface area contributed by atoms with Gasteiger partial charge in [0, 0.05) is 25.2 Å². The van der Waals surface area contributed by atoms with E-state index in [-0.39, 0.29) is 5.91 Å². The Morgan fingerprint density at radius 2 is 2.11 bits per heavy atom. The second-order valence-electron chi connectivity index (χ2n) is 4.79. The van der Waals surface area contributed by atoms with Crippen LogP contribution in [0.2, 0.25) is 0 Å². The molecule has 0 radical (unpaired) electrons. The largest absolute Gasteiger partial charge is 0.366 e. The Labute approximate surface area is 108 Å². The van der Waals surface area contributed by atoms with E-state index in [0.717, 1.165) is 25.2 Å². The number of amides is 1. The topological polar surface area (TPSA) is 58.4 Å². The molecule has 0 bridgehead atoms. The number of hydrogen-bond donors (Lipinski definition) is 2. The molecular formula is C14H21N3O. The van der Waals surface area contributed by atoms with Crippen LogP contribution in [0.1, 0.15) is 28.8 Å². The lowest BCUT2D eigenvalue weighted by atomic mass is 10.1. The van der Waals surface area contributed by atoms with Crippen molar-refractivity contribution < 1.29 is 4.79 Å². The maximum Gasteiger partial charge on any atom is 0.248 e. The number of carbonyl (C=O) groups excluding carboxylic acids is 1. The van der Waals surface area contributed by atoms with Crippen molar-refractivity contribution >= 4 is 5.91 Å². The van der Waals surface area contributed by atoms with Crippen LogP contribution in [0.15, 0.2) is 24.3 Å². The summed E-state index contributed by atoms with van der Waals surface area (Å²) in [6, 6.07) is 7.48. The summed E-state index contributed by atoms with van der Waals surface area (Å²) in [6.07, 6.45) is 2.67. The second-order valence-corrected chi connectivity index (χ2v) is 4.79. The zero-order chi connectivity index (χ0) is 12.8. The van der Waals surface area contributed by atoms with Crippen LogP contribution >= 0.6 is 0 Å². The van der Waals surface area contributed by atoms with Crippen LogP contribution in [0, 0.1) is 0 Å². The van der Waals surface area contributed by atoms with E-state index in [1.165, 1.54) is 25.9 Å². The summed E-state index contributed by atoms with van der Waals surface area (Å²) in [6.45, 7) is 5.35. The third kappa shape index (κ3) is 3.82. The number of nitrogens with one attached hydrogen (secondary N) is 1. The second kappa shape index (κ2) is 6.52. The first kappa shape index (κ1) is 13.1. The average molecular weight is 247 g/mol. The van der Waals surface area contributed by atoms with Gasteiger partial charge in [0.1, 0.15) is 0 Å². The van der Waals surface area contributed by atoms with Gasteiger partial charge < -0.3 is 16.0 Å². The summed E-state index contributed by atoms with van der Waals surface area (Å²) >= 11 is 0. The van der Waals surface area contributed by atoms with Crippen LogP contribution in [0.25, 0.3) is 0 Å². The standard InChI is InChI=1S/C14H21N3O/c15-14(18)13-5-3-4-12(10-13)11-16-6-9-17-7-1-2-8-17/h3-5,10,16H,1-2,6-9,11H2,(H2,15,18). The smallest absolute Gasteiger partial charge is 0.248 e. The molecule has 0 saturated carbocycles. The van der Waals surface area contributed by atoms with Gasteiger partial charge in [-0.3, -0.25) is 4.79 Å². The quantitative estimate of drug-likeness (QED) is 0.736. The molecule has 4 heteroatoms. The molecular weight excluding hydrogens is 226 g/mol. The molecule has 0 atom stereocenters. The maximum atomic E-state index is 11.1. The van der Waals surface area contributed by atoms with Crippen molar-refractivity contribution in [3.8, 4) is 0 Å². The molecule has 1 aromatic carbocycles. The van der Waals surface area contributed by atoms with Crippen LogP contribution in [-0.2, 0) is 6.54 Å². The van der Waals surface area contributed by atoms with Crippen molar-refractivity contribution in [2.45, 2.75) is 19.4 Å². The number of rotatable bonds is 6. The van der Waals surface area contributed by atoms with Crippen molar-refractivity contribution in [2.24, 2.45) is 5.73 Å². The molecule has 18 heavy (non-hydrogen) atoms. The van der Waals surface area contributed by atoms with Gasteiger partial charge in [0.15, 0.2) is 0 Å². The number of carbonyl (C=O) groups is 1. The van der Waals surface area contributed by atoms with Crippen molar-refractivity contribution in [3.05, 3.63) is 35.4 Å². The third-order valence-corrected chi connectivity index (χ3v) is 3.34. The molecule has 0 aliphatic carbocycles. The molecule has 1 aromatic rings. The van der Waals surface area contributed by atoms with Crippen LogP contribution in [0.3, 0.4) is 0 Å². The van der Waals surface area contributed by atoms with Gasteiger partial charge in [-0.2, -0.15) is 0 Å². The molecule has 1 amide bonds. The molecule has 4 nitrogen and oxygen atoms in total. The first-order valence-corrected chi connectivity index (χ1v) is 6.57. The molecule has 2 rings (SSSR count). The number of benzene rings is 1. The number of nitrogens with two attached hydrogens (primary N) is 1. The molecule has 0 aromatic heterocycles. The van der Waals surface area contributed by atoms with Gasteiger partial charge in [-0.25, -0.2) is 0 Å². The third-order valence-electron chi connectivity index (χ3n) is 3.34. The molecule has 1 aliphatic heterocycles. The molecule has 1 fully saturated rings. The SMILES string of the molecule is NC(=O)c1cccc(CNCCN2CCCC2)c1. The number of hydrogen-bond acceptors (Lipinski definition) is 3. The zero-order valence-electron chi connectivity index (χ0n) is 10.7. The van der Waals surface area contributed by atoms with E-state index in [2.05, 4.69) is 10.2 Å². The fourth-order valence-corrected chi connectivity index (χ4v) is 2.31. The van der Waals surface area contributed by atoms with E-state index in [0.29, 0.717) is 5.56 Å². The minimum absolute atomic E-state index is 0.367. The molecule has 98 valence electrons. The van der Waals surface area contributed by atoms with Crippen molar-refractivity contribution in [3.63, 3.8) is 0 Å². The first-order valence-electron chi connectivity index (χ1n) is 6.57. The highest BCUT2D eigenvalue weighted by atomic mass is 16.1. The highest BCUT2D eigenvalue weighted by Gasteiger charge is 2.09. The Morgan fingerprint density at radius 1 is 1.33 bits per heavy atom. The molecule has 1 saturated heterocycles. The number of primary amides is 1. The highest BCUT2D eigenvalue weighted by Crippen LogP contribution is 2.06. The average Bonchev–Trinajstić information content (AvgIpc) is 2.88. The summed E-state index contributed by atoms with van der Waals surface area (Å²) in [5.41, 5.74) is 6.94. The number of likely N-dealkylation sites (tertiary alicyclic amines) is 1. The lowest BCUT2D eigenvalue weighted by Gasteiger charge is -2.14. The van der Waals surface area contributed by atoms with Crippen LogP contribution < -0.4 is 11.1 Å². The van der Waals surface area contributed by atoms with E-state index in [1.807, 2.05) is 18.2 Å². The molecule has 0 unspecified atom stereocenters. The van der Waals surface area contributed by atoms with Crippen LogP contribution in [-0.4, -0.2) is 37.0 Å². The van der Waals surface area contributed by atoms with Gasteiger partial charge in [-0.05, 0) is 43.6 Å². The fourth-order valence-electron chi connectivity index (χ4n) is 2.31. The van der Waals surface area contributed by atoms with Gasteiger partial charge in [0.25, 0.3) is 0 Å². The summed E-state index contributed by atoms with van der Waals surface area (Å²) in [4.78, 5) is 13.5. The monoisotopic (exact) mass is 247 g/mol. The number of nitrogens with zero attached hydrogens (tertiary/aromatic N) is 1. The van der Waals surface area contributed by atoms with Crippen molar-refractivity contribution in [1.29, 1.82) is 0 Å². The Hall–Kier alpha value is -1.39. The minimum atomic E-state index is -0.367. The normalized spacial score (nSPS) is 16.0. The van der Waals surface area contributed by atoms with Gasteiger partial charge in [-0.15, -0.1) is 0 Å².